The molecule has 3 N–H and O–H groups in total. The van der Waals surface area contributed by atoms with Crippen LogP contribution in [0.3, 0.4) is 0 Å². The van der Waals surface area contributed by atoms with E-state index in [2.05, 4.69) is 43.0 Å². The lowest BCUT2D eigenvalue weighted by Gasteiger charge is -2.27. The number of nitrogens with one attached hydrogen (secondary N) is 1. The molecule has 0 aromatic heterocycles. The monoisotopic (exact) mass is 341 g/mol. The van der Waals surface area contributed by atoms with Gasteiger partial charge in [-0.2, -0.15) is 0 Å². The van der Waals surface area contributed by atoms with Crippen LogP contribution in [0.1, 0.15) is 18.0 Å². The molecule has 5 nitrogen and oxygen atoms in total. The predicted molar refractivity (Wildman–Crippen MR) is 81.5 cm³/mol. The number of nitrogens with two attached hydrogens (primary N) is 1. The minimum atomic E-state index is -0.371. The van der Waals surface area contributed by atoms with Gasteiger partial charge in [0.2, 0.25) is 0 Å². The molecule has 0 aliphatic carbocycles. The fraction of sp³-hybridized carbons (Fsp3) is 0.500. The summed E-state index contributed by atoms with van der Waals surface area (Å²) in [5.74, 6) is 0. The topological polar surface area (TPSA) is 67.6 Å². The molecular formula is C14H20BrN3O2. The second-order valence-corrected chi connectivity index (χ2v) is 5.84. The van der Waals surface area contributed by atoms with E-state index >= 15 is 0 Å². The maximum absolute atomic E-state index is 11.2. The van der Waals surface area contributed by atoms with Crippen LogP contribution >= 0.6 is 15.9 Å². The molecule has 2 unspecified atom stereocenters. The first-order valence-corrected chi connectivity index (χ1v) is 7.47. The lowest BCUT2D eigenvalue weighted by Crippen LogP contribution is -2.39. The smallest absolute Gasteiger partial charge is 0.407 e. The molecule has 0 spiro atoms. The van der Waals surface area contributed by atoms with Crippen molar-refractivity contribution >= 4 is 22.0 Å². The van der Waals surface area contributed by atoms with E-state index in [0.717, 1.165) is 24.0 Å². The van der Waals surface area contributed by atoms with Crippen LogP contribution in [0.4, 0.5) is 4.79 Å². The first kappa shape index (κ1) is 15.3. The highest BCUT2D eigenvalue weighted by Crippen LogP contribution is 2.25. The third kappa shape index (κ3) is 3.71. The van der Waals surface area contributed by atoms with E-state index in [0.29, 0.717) is 6.54 Å². The number of alkyl carbamates (subject to hydrolysis) is 1. The third-order valence-electron chi connectivity index (χ3n) is 3.65. The van der Waals surface area contributed by atoms with Crippen molar-refractivity contribution in [1.29, 1.82) is 0 Å². The maximum atomic E-state index is 11.2. The average molecular weight is 342 g/mol. The number of ether oxygens (including phenoxy) is 1. The quantitative estimate of drug-likeness (QED) is 0.877. The first-order valence-electron chi connectivity index (χ1n) is 6.68. The fourth-order valence-electron chi connectivity index (χ4n) is 2.59. The number of carbonyl (C=O) groups excluding carboxylic acids is 1. The molecule has 1 amide bonds. The number of halogens is 1. The summed E-state index contributed by atoms with van der Waals surface area (Å²) < 4.78 is 5.69. The zero-order valence-electron chi connectivity index (χ0n) is 11.5. The molecule has 1 heterocycles. The number of carbonyl (C=O) groups is 1. The lowest BCUT2D eigenvalue weighted by atomic mass is 10.1. The second kappa shape index (κ2) is 7.06. The van der Waals surface area contributed by atoms with Gasteiger partial charge in [0, 0.05) is 36.2 Å². The zero-order valence-corrected chi connectivity index (χ0v) is 13.1. The first-order chi connectivity index (χ1) is 9.63. The average Bonchev–Trinajstić information content (AvgIpc) is 2.90. The van der Waals surface area contributed by atoms with Crippen LogP contribution in [0.15, 0.2) is 28.7 Å². The molecule has 1 aliphatic rings. The van der Waals surface area contributed by atoms with Crippen molar-refractivity contribution in [3.8, 4) is 0 Å². The molecule has 1 fully saturated rings. The Balaban J connectivity index is 1.99. The molecular weight excluding hydrogens is 322 g/mol. The van der Waals surface area contributed by atoms with E-state index in [1.54, 1.807) is 0 Å². The van der Waals surface area contributed by atoms with Gasteiger partial charge >= 0.3 is 6.09 Å². The molecule has 0 radical (unpaired) electrons. The van der Waals surface area contributed by atoms with Gasteiger partial charge in [-0.1, -0.05) is 28.1 Å². The van der Waals surface area contributed by atoms with Crippen molar-refractivity contribution < 1.29 is 9.53 Å². The number of nitrogens with zero attached hydrogens (tertiary/aromatic N) is 1. The minimum absolute atomic E-state index is 0.131. The number of hydrogen-bond donors (Lipinski definition) is 2. The fourth-order valence-corrected chi connectivity index (χ4v) is 2.86. The molecule has 0 saturated carbocycles. The zero-order chi connectivity index (χ0) is 14.5. The van der Waals surface area contributed by atoms with Crippen molar-refractivity contribution in [2.75, 3.05) is 26.7 Å². The highest BCUT2D eigenvalue weighted by atomic mass is 79.9. The molecule has 1 saturated heterocycles. The highest BCUT2D eigenvalue weighted by Gasteiger charge is 2.29. The molecule has 1 aromatic carbocycles. The third-order valence-corrected chi connectivity index (χ3v) is 4.17. The Morgan fingerprint density at radius 3 is 2.85 bits per heavy atom. The normalized spacial score (nSPS) is 20.6. The summed E-state index contributed by atoms with van der Waals surface area (Å²) in [5.41, 5.74) is 7.13. The Kier molecular flexibility index (Phi) is 5.39. The number of rotatable bonds is 4. The lowest BCUT2D eigenvalue weighted by molar-refractivity contribution is 0.165. The van der Waals surface area contributed by atoms with Gasteiger partial charge in [0.05, 0.1) is 7.11 Å². The van der Waals surface area contributed by atoms with Crippen LogP contribution in [0.5, 0.6) is 0 Å². The van der Waals surface area contributed by atoms with Crippen molar-refractivity contribution in [2.24, 2.45) is 5.73 Å². The van der Waals surface area contributed by atoms with Crippen molar-refractivity contribution in [2.45, 2.75) is 18.5 Å². The summed E-state index contributed by atoms with van der Waals surface area (Å²) in [6.45, 7) is 2.28. The summed E-state index contributed by atoms with van der Waals surface area (Å²) in [4.78, 5) is 13.5. The largest absolute Gasteiger partial charge is 0.453 e. The van der Waals surface area contributed by atoms with E-state index in [1.165, 1.54) is 12.7 Å². The number of likely N-dealkylation sites (tertiary alicyclic amines) is 1. The number of hydrogen-bond acceptors (Lipinski definition) is 4. The maximum Gasteiger partial charge on any atom is 0.407 e. The Hall–Kier alpha value is -1.11. The van der Waals surface area contributed by atoms with Crippen LogP contribution < -0.4 is 11.1 Å². The van der Waals surface area contributed by atoms with Gasteiger partial charge in [-0.05, 0) is 24.1 Å². The summed E-state index contributed by atoms with van der Waals surface area (Å²) in [5, 5.41) is 2.85. The second-order valence-electron chi connectivity index (χ2n) is 4.92. The highest BCUT2D eigenvalue weighted by molar-refractivity contribution is 9.10. The number of benzene rings is 1. The molecule has 110 valence electrons. The SMILES string of the molecule is COC(=O)NC1CCN(C(CN)c2ccc(Br)cc2)C1. The van der Waals surface area contributed by atoms with Gasteiger partial charge in [0.25, 0.3) is 0 Å². The Labute approximate surface area is 127 Å². The van der Waals surface area contributed by atoms with Crippen molar-refractivity contribution in [1.82, 2.24) is 10.2 Å². The van der Waals surface area contributed by atoms with E-state index < -0.39 is 0 Å². The van der Waals surface area contributed by atoms with Crippen LogP contribution in [0.25, 0.3) is 0 Å². The minimum Gasteiger partial charge on any atom is -0.453 e. The molecule has 1 aromatic rings. The van der Waals surface area contributed by atoms with Gasteiger partial charge in [-0.25, -0.2) is 4.79 Å². The summed E-state index contributed by atoms with van der Waals surface area (Å²) >= 11 is 3.44. The van der Waals surface area contributed by atoms with E-state index in [4.69, 9.17) is 5.73 Å². The van der Waals surface area contributed by atoms with Gasteiger partial charge in [-0.3, -0.25) is 4.90 Å². The Morgan fingerprint density at radius 1 is 1.55 bits per heavy atom. The summed E-state index contributed by atoms with van der Waals surface area (Å²) in [6, 6.07) is 8.54. The van der Waals surface area contributed by atoms with E-state index in [-0.39, 0.29) is 18.2 Å². The van der Waals surface area contributed by atoms with Gasteiger partial charge in [-0.15, -0.1) is 0 Å². The van der Waals surface area contributed by atoms with Crippen LogP contribution in [-0.4, -0.2) is 43.8 Å². The van der Waals surface area contributed by atoms with Crippen LogP contribution in [-0.2, 0) is 4.74 Å². The van der Waals surface area contributed by atoms with Gasteiger partial charge in [0.1, 0.15) is 0 Å². The molecule has 1 aliphatic heterocycles. The molecule has 6 heteroatoms. The van der Waals surface area contributed by atoms with E-state index in [9.17, 15) is 4.79 Å². The number of amides is 1. The Morgan fingerprint density at radius 2 is 2.25 bits per heavy atom. The molecule has 2 atom stereocenters. The van der Waals surface area contributed by atoms with Gasteiger partial charge in [0.15, 0.2) is 0 Å². The van der Waals surface area contributed by atoms with Crippen LogP contribution in [0.2, 0.25) is 0 Å². The summed E-state index contributed by atoms with van der Waals surface area (Å²) in [6.07, 6.45) is 0.548. The number of methoxy groups -OCH3 is 1. The van der Waals surface area contributed by atoms with Crippen molar-refractivity contribution in [3.63, 3.8) is 0 Å². The van der Waals surface area contributed by atoms with E-state index in [1.807, 2.05) is 12.1 Å². The Bertz CT molecular complexity index is 452. The molecule has 0 bridgehead atoms. The summed E-state index contributed by atoms with van der Waals surface area (Å²) in [7, 11) is 1.38. The van der Waals surface area contributed by atoms with Crippen molar-refractivity contribution in [3.05, 3.63) is 34.3 Å². The molecule has 20 heavy (non-hydrogen) atoms. The predicted octanol–water partition coefficient (Wildman–Crippen LogP) is 1.88. The van der Waals surface area contributed by atoms with Gasteiger partial charge < -0.3 is 15.8 Å². The molecule has 2 rings (SSSR count). The van der Waals surface area contributed by atoms with Crippen LogP contribution in [0, 0.1) is 0 Å². The standard InChI is InChI=1S/C14H20BrN3O2/c1-20-14(19)17-12-6-7-18(9-12)13(8-16)10-2-4-11(15)5-3-10/h2-5,12-13H,6-9,16H2,1H3,(H,17,19).